The second-order valence-electron chi connectivity index (χ2n) is 2.49. The van der Waals surface area contributed by atoms with Crippen LogP contribution in [0.15, 0.2) is 21.7 Å². The second kappa shape index (κ2) is 4.16. The number of furan rings is 1. The van der Waals surface area contributed by atoms with Crippen LogP contribution in [0.3, 0.4) is 0 Å². The van der Waals surface area contributed by atoms with Crippen molar-refractivity contribution < 1.29 is 9.34 Å². The van der Waals surface area contributed by atoms with Gasteiger partial charge in [-0.3, -0.25) is 31.0 Å². The van der Waals surface area contributed by atoms with Gasteiger partial charge >= 0.3 is 5.88 Å². The van der Waals surface area contributed by atoms with Crippen molar-refractivity contribution in [1.29, 1.82) is 0 Å². The Morgan fingerprint density at radius 2 is 2.50 bits per heavy atom. The van der Waals surface area contributed by atoms with Crippen molar-refractivity contribution in [2.75, 3.05) is 0 Å². The number of tetrazole rings is 1. The number of hydrogen-bond acceptors (Lipinski definition) is 7. The Hall–Kier alpha value is -2.78. The van der Waals surface area contributed by atoms with Gasteiger partial charge in [-0.2, -0.15) is 0 Å². The summed E-state index contributed by atoms with van der Waals surface area (Å²) in [7, 11) is 0. The normalized spacial score (nSPS) is 10.8. The molecular formula is C6H4N7O3-. The monoisotopic (exact) mass is 222 g/mol. The van der Waals surface area contributed by atoms with Gasteiger partial charge in [0.25, 0.3) is 0 Å². The summed E-state index contributed by atoms with van der Waals surface area (Å²) in [5, 5.41) is 26.3. The molecule has 0 radical (unpaired) electrons. The number of nitrogens with one attached hydrogen (secondary N) is 1. The summed E-state index contributed by atoms with van der Waals surface area (Å²) >= 11 is 0. The van der Waals surface area contributed by atoms with E-state index in [0.29, 0.717) is 0 Å². The number of H-pyrrole nitrogens is 1. The molecule has 0 aliphatic carbocycles. The number of hydrogen-bond donors (Lipinski definition) is 1. The summed E-state index contributed by atoms with van der Waals surface area (Å²) < 4.78 is 4.79. The first kappa shape index (κ1) is 9.76. The smallest absolute Gasteiger partial charge is 0.400 e. The predicted molar refractivity (Wildman–Crippen MR) is 50.2 cm³/mol. The lowest BCUT2D eigenvalue weighted by Gasteiger charge is -1.95. The molecule has 2 rings (SSSR count). The first-order valence-electron chi connectivity index (χ1n) is 3.97. The van der Waals surface area contributed by atoms with E-state index in [-0.39, 0.29) is 17.6 Å². The molecule has 82 valence electrons. The Balaban J connectivity index is 1.98. The lowest BCUT2D eigenvalue weighted by Crippen LogP contribution is -1.83. The molecule has 1 N–H and O–H groups in total. The van der Waals surface area contributed by atoms with Crippen LogP contribution < -0.4 is 0 Å². The number of aromatic amines is 1. The van der Waals surface area contributed by atoms with Crippen LogP contribution >= 0.6 is 0 Å². The minimum atomic E-state index is -0.645. The molecule has 0 bridgehead atoms. The van der Waals surface area contributed by atoms with Gasteiger partial charge in [0.05, 0.1) is 18.2 Å². The van der Waals surface area contributed by atoms with Crippen LogP contribution in [0.25, 0.3) is 5.43 Å². The molecule has 10 nitrogen and oxygen atoms in total. The molecule has 2 aromatic rings. The summed E-state index contributed by atoms with van der Waals surface area (Å²) in [5.41, 5.74) is 3.54. The highest BCUT2D eigenvalue weighted by Gasteiger charge is 2.09. The molecule has 2 heterocycles. The summed E-state index contributed by atoms with van der Waals surface area (Å²) in [6.45, 7) is 0. The van der Waals surface area contributed by atoms with Crippen molar-refractivity contribution in [2.45, 2.75) is 0 Å². The van der Waals surface area contributed by atoms with Crippen LogP contribution in [-0.4, -0.2) is 31.8 Å². The molecule has 0 unspecified atom stereocenters. The molecule has 0 saturated carbocycles. The molecule has 0 aromatic carbocycles. The van der Waals surface area contributed by atoms with Crippen LogP contribution in [0, 0.1) is 10.1 Å². The zero-order chi connectivity index (χ0) is 11.4. The molecular weight excluding hydrogens is 218 g/mol. The number of aromatic nitrogens is 4. The molecule has 0 atom stereocenters. The van der Waals surface area contributed by atoms with Crippen LogP contribution in [0.4, 0.5) is 11.8 Å². The third-order valence-corrected chi connectivity index (χ3v) is 1.46. The fourth-order valence-electron chi connectivity index (χ4n) is 0.846. The van der Waals surface area contributed by atoms with E-state index in [1.54, 1.807) is 0 Å². The lowest BCUT2D eigenvalue weighted by atomic mass is 10.5. The Labute approximate surface area is 87.5 Å². The van der Waals surface area contributed by atoms with Gasteiger partial charge in [0.2, 0.25) is 0 Å². The van der Waals surface area contributed by atoms with Crippen LogP contribution in [0.5, 0.6) is 0 Å². The molecule has 0 aliphatic rings. The van der Waals surface area contributed by atoms with E-state index in [2.05, 4.69) is 31.2 Å². The molecule has 0 fully saturated rings. The largest absolute Gasteiger partial charge is 0.433 e. The van der Waals surface area contributed by atoms with Gasteiger partial charge in [-0.1, -0.05) is 0 Å². The van der Waals surface area contributed by atoms with Crippen molar-refractivity contribution in [3.8, 4) is 0 Å². The Morgan fingerprint density at radius 3 is 3.12 bits per heavy atom. The van der Waals surface area contributed by atoms with E-state index in [1.165, 1.54) is 18.3 Å². The minimum Gasteiger partial charge on any atom is -0.400 e. The van der Waals surface area contributed by atoms with Crippen molar-refractivity contribution >= 4 is 18.0 Å². The minimum absolute atomic E-state index is 0.0531. The maximum Gasteiger partial charge on any atom is 0.433 e. The Kier molecular flexibility index (Phi) is 2.54. The molecule has 0 spiro atoms. The first-order valence-corrected chi connectivity index (χ1v) is 3.97. The summed E-state index contributed by atoms with van der Waals surface area (Å²) in [5.74, 6) is -0.0998. The second-order valence-corrected chi connectivity index (χ2v) is 2.49. The van der Waals surface area contributed by atoms with E-state index in [0.717, 1.165) is 0 Å². The number of rotatable bonds is 4. The van der Waals surface area contributed by atoms with Gasteiger partial charge in [-0.05, 0) is 6.07 Å². The van der Waals surface area contributed by atoms with Gasteiger partial charge in [-0.25, -0.2) is 5.10 Å². The van der Waals surface area contributed by atoms with E-state index in [9.17, 15) is 10.1 Å². The molecule has 0 aliphatic heterocycles. The van der Waals surface area contributed by atoms with Gasteiger partial charge in [0, 0.05) is 0 Å². The highest BCUT2D eigenvalue weighted by Crippen LogP contribution is 2.14. The van der Waals surface area contributed by atoms with Crippen molar-refractivity contribution in [2.24, 2.45) is 5.10 Å². The molecule has 16 heavy (non-hydrogen) atoms. The van der Waals surface area contributed by atoms with Gasteiger partial charge in [0.1, 0.15) is 4.92 Å². The Morgan fingerprint density at radius 1 is 1.62 bits per heavy atom. The van der Waals surface area contributed by atoms with Crippen LogP contribution in [0.2, 0.25) is 0 Å². The van der Waals surface area contributed by atoms with E-state index >= 15 is 0 Å². The third kappa shape index (κ3) is 2.17. The topological polar surface area (TPSA) is 137 Å². The number of nitro groups is 1. The molecule has 0 saturated heterocycles. The van der Waals surface area contributed by atoms with E-state index in [1.807, 2.05) is 0 Å². The zero-order valence-electron chi connectivity index (χ0n) is 7.64. The molecule has 2 aromatic heterocycles. The summed E-state index contributed by atoms with van der Waals surface area (Å²) in [4.78, 5) is 9.64. The van der Waals surface area contributed by atoms with E-state index in [4.69, 9.17) is 4.42 Å². The van der Waals surface area contributed by atoms with Crippen LogP contribution in [-0.2, 0) is 0 Å². The predicted octanol–water partition coefficient (Wildman–Crippen LogP) is 0.740. The zero-order valence-corrected chi connectivity index (χ0v) is 7.64. The third-order valence-electron chi connectivity index (χ3n) is 1.46. The molecule has 0 amide bonds. The lowest BCUT2D eigenvalue weighted by molar-refractivity contribution is -0.402. The SMILES string of the molecule is O=[N+]([O-])c1ccc(/C=N\[N-]c2nn[nH]n2)o1. The van der Waals surface area contributed by atoms with Gasteiger partial charge < -0.3 is 4.42 Å². The fourth-order valence-corrected chi connectivity index (χ4v) is 0.846. The van der Waals surface area contributed by atoms with Crippen LogP contribution in [0.1, 0.15) is 5.76 Å². The maximum absolute atomic E-state index is 10.3. The van der Waals surface area contributed by atoms with Crippen molar-refractivity contribution in [3.63, 3.8) is 0 Å². The van der Waals surface area contributed by atoms with E-state index < -0.39 is 4.92 Å². The van der Waals surface area contributed by atoms with Gasteiger partial charge in [0.15, 0.2) is 5.76 Å². The number of nitrogens with zero attached hydrogens (tertiary/aromatic N) is 6. The average Bonchev–Trinajstić information content (AvgIpc) is 2.87. The highest BCUT2D eigenvalue weighted by atomic mass is 16.6. The van der Waals surface area contributed by atoms with Gasteiger partial charge in [-0.15, -0.1) is 5.21 Å². The fraction of sp³-hybridized carbons (Fsp3) is 0. The maximum atomic E-state index is 10.3. The Bertz CT molecular complexity index is 502. The first-order chi connectivity index (χ1) is 7.75. The van der Waals surface area contributed by atoms with Crippen molar-refractivity contribution in [1.82, 2.24) is 20.6 Å². The summed E-state index contributed by atoms with van der Waals surface area (Å²) in [6, 6.07) is 2.61. The highest BCUT2D eigenvalue weighted by molar-refractivity contribution is 5.77. The quantitative estimate of drug-likeness (QED) is 0.460. The average molecular weight is 222 g/mol. The summed E-state index contributed by atoms with van der Waals surface area (Å²) in [6.07, 6.45) is 1.20. The standard InChI is InChI=1S/C6H4N7O3/c14-13(15)5-2-1-4(16-5)3-7-8-6-9-11-12-10-6/h1-3H,(H-,8,9,10,11,12)/q-1/b7-3-. The molecule has 10 heteroatoms. The van der Waals surface area contributed by atoms with Crippen molar-refractivity contribution in [3.05, 3.63) is 33.4 Å².